The zero-order valence-corrected chi connectivity index (χ0v) is 14.8. The van der Waals surface area contributed by atoms with Crippen LogP contribution in [0.5, 0.6) is 17.2 Å². The molecule has 0 fully saturated rings. The van der Waals surface area contributed by atoms with E-state index in [9.17, 15) is 5.11 Å². The Balaban J connectivity index is 1.48. The van der Waals surface area contributed by atoms with E-state index >= 15 is 0 Å². The van der Waals surface area contributed by atoms with Crippen LogP contribution in [0.1, 0.15) is 5.56 Å². The molecule has 1 aromatic heterocycles. The summed E-state index contributed by atoms with van der Waals surface area (Å²) >= 11 is 0. The first-order valence-corrected chi connectivity index (χ1v) is 8.63. The Morgan fingerprint density at radius 2 is 1.63 bits per heavy atom. The highest BCUT2D eigenvalue weighted by molar-refractivity contribution is 5.68. The number of nitrogens with zero attached hydrogens (tertiary/aromatic N) is 1. The summed E-state index contributed by atoms with van der Waals surface area (Å²) in [5, 5.41) is 20.1. The van der Waals surface area contributed by atoms with Gasteiger partial charge in [0.15, 0.2) is 5.82 Å². The molecule has 5 nitrogen and oxygen atoms in total. The van der Waals surface area contributed by atoms with Gasteiger partial charge in [-0.05, 0) is 72.6 Å². The molecule has 4 rings (SSSR count). The van der Waals surface area contributed by atoms with E-state index in [0.717, 1.165) is 34.0 Å². The number of aromatic nitrogens is 2. The monoisotopic (exact) mass is 357 g/mol. The number of hydrogen-bond acceptors (Lipinski definition) is 4. The van der Waals surface area contributed by atoms with Crippen LogP contribution in [-0.2, 0) is 0 Å². The van der Waals surface area contributed by atoms with E-state index in [2.05, 4.69) is 15.5 Å². The third-order valence-electron chi connectivity index (χ3n) is 4.19. The summed E-state index contributed by atoms with van der Waals surface area (Å²) in [6.45, 7) is 1.93. The summed E-state index contributed by atoms with van der Waals surface area (Å²) < 4.78 is 5.82. The number of aromatic amines is 1. The number of rotatable bonds is 5. The lowest BCUT2D eigenvalue weighted by atomic mass is 10.1. The standard InChI is InChI=1S/C22H19N3O2/c1-15-13-17(26)9-12-20(15)23-22-14-21(24-25-22)16-7-10-19(11-8-16)27-18-5-3-2-4-6-18/h2-14,26H,1H3,(H2,23,24,25). The second-order valence-electron chi connectivity index (χ2n) is 6.23. The molecule has 0 atom stereocenters. The van der Waals surface area contributed by atoms with Crippen LogP contribution in [0.4, 0.5) is 11.5 Å². The van der Waals surface area contributed by atoms with Crippen molar-refractivity contribution in [3.05, 3.63) is 84.4 Å². The summed E-state index contributed by atoms with van der Waals surface area (Å²) in [5.74, 6) is 2.55. The summed E-state index contributed by atoms with van der Waals surface area (Å²) in [4.78, 5) is 0. The number of phenolic OH excluding ortho intramolecular Hbond substituents is 1. The molecule has 0 unspecified atom stereocenters. The van der Waals surface area contributed by atoms with Crippen molar-refractivity contribution in [3.8, 4) is 28.5 Å². The lowest BCUT2D eigenvalue weighted by molar-refractivity contribution is 0.475. The van der Waals surface area contributed by atoms with Crippen molar-refractivity contribution >= 4 is 11.5 Å². The van der Waals surface area contributed by atoms with Crippen LogP contribution < -0.4 is 10.1 Å². The molecule has 0 spiro atoms. The average Bonchev–Trinajstić information content (AvgIpc) is 3.14. The molecular formula is C22H19N3O2. The molecule has 27 heavy (non-hydrogen) atoms. The molecule has 0 aliphatic carbocycles. The fourth-order valence-corrected chi connectivity index (χ4v) is 2.79. The van der Waals surface area contributed by atoms with Crippen LogP contribution in [0.3, 0.4) is 0 Å². The normalized spacial score (nSPS) is 10.6. The number of phenols is 1. The molecule has 4 aromatic rings. The van der Waals surface area contributed by atoms with Gasteiger partial charge in [0, 0.05) is 11.8 Å². The molecule has 0 aliphatic heterocycles. The summed E-state index contributed by atoms with van der Waals surface area (Å²) in [7, 11) is 0. The van der Waals surface area contributed by atoms with Gasteiger partial charge in [-0.3, -0.25) is 5.10 Å². The Morgan fingerprint density at radius 3 is 2.37 bits per heavy atom. The third-order valence-corrected chi connectivity index (χ3v) is 4.19. The van der Waals surface area contributed by atoms with E-state index in [4.69, 9.17) is 4.74 Å². The first kappa shape index (κ1) is 16.7. The SMILES string of the molecule is Cc1cc(O)ccc1Nc1cc(-c2ccc(Oc3ccccc3)cc2)[nH]n1. The van der Waals surface area contributed by atoms with E-state index < -0.39 is 0 Å². The van der Waals surface area contributed by atoms with Gasteiger partial charge < -0.3 is 15.2 Å². The van der Waals surface area contributed by atoms with Crippen LogP contribution in [-0.4, -0.2) is 15.3 Å². The summed E-state index contributed by atoms with van der Waals surface area (Å²) in [6, 6.07) is 24.7. The number of aromatic hydroxyl groups is 1. The van der Waals surface area contributed by atoms with Crippen LogP contribution in [0.2, 0.25) is 0 Å². The van der Waals surface area contributed by atoms with Crippen LogP contribution >= 0.6 is 0 Å². The lowest BCUT2D eigenvalue weighted by Crippen LogP contribution is -1.92. The first-order chi connectivity index (χ1) is 13.2. The quantitative estimate of drug-likeness (QED) is 0.405. The zero-order valence-electron chi connectivity index (χ0n) is 14.8. The molecule has 0 radical (unpaired) electrons. The minimum Gasteiger partial charge on any atom is -0.508 e. The minimum absolute atomic E-state index is 0.249. The van der Waals surface area contributed by atoms with Crippen LogP contribution in [0, 0.1) is 6.92 Å². The molecule has 3 aromatic carbocycles. The molecule has 0 aliphatic rings. The van der Waals surface area contributed by atoms with Gasteiger partial charge >= 0.3 is 0 Å². The Bertz CT molecular complexity index is 1040. The second kappa shape index (κ2) is 7.25. The van der Waals surface area contributed by atoms with Gasteiger partial charge in [-0.25, -0.2) is 0 Å². The van der Waals surface area contributed by atoms with Crippen LogP contribution in [0.25, 0.3) is 11.3 Å². The molecule has 3 N–H and O–H groups in total. The largest absolute Gasteiger partial charge is 0.508 e. The molecule has 0 saturated carbocycles. The number of para-hydroxylation sites is 1. The number of hydrogen-bond donors (Lipinski definition) is 3. The first-order valence-electron chi connectivity index (χ1n) is 8.63. The van der Waals surface area contributed by atoms with Crippen molar-refractivity contribution in [3.63, 3.8) is 0 Å². The van der Waals surface area contributed by atoms with Gasteiger partial charge in [-0.15, -0.1) is 0 Å². The lowest BCUT2D eigenvalue weighted by Gasteiger charge is -2.07. The van der Waals surface area contributed by atoms with Gasteiger partial charge in [-0.1, -0.05) is 18.2 Å². The van der Waals surface area contributed by atoms with Crippen molar-refractivity contribution in [2.24, 2.45) is 0 Å². The second-order valence-corrected chi connectivity index (χ2v) is 6.23. The molecule has 5 heteroatoms. The van der Waals surface area contributed by atoms with Gasteiger partial charge in [-0.2, -0.15) is 5.10 Å². The topological polar surface area (TPSA) is 70.2 Å². The number of anilines is 2. The molecule has 1 heterocycles. The Kier molecular flexibility index (Phi) is 4.49. The predicted octanol–water partition coefficient (Wildman–Crippen LogP) is 5.63. The Morgan fingerprint density at radius 1 is 0.889 bits per heavy atom. The van der Waals surface area contributed by atoms with Gasteiger partial charge in [0.25, 0.3) is 0 Å². The van der Waals surface area contributed by atoms with E-state index in [0.29, 0.717) is 5.82 Å². The number of nitrogens with one attached hydrogen (secondary N) is 2. The third kappa shape index (κ3) is 3.93. The maximum atomic E-state index is 9.51. The maximum absolute atomic E-state index is 9.51. The zero-order chi connectivity index (χ0) is 18.6. The molecule has 0 bridgehead atoms. The Hall–Kier alpha value is -3.73. The van der Waals surface area contributed by atoms with Gasteiger partial charge in [0.2, 0.25) is 0 Å². The smallest absolute Gasteiger partial charge is 0.152 e. The Labute approximate surface area is 157 Å². The molecule has 0 amide bonds. The average molecular weight is 357 g/mol. The van der Waals surface area contributed by atoms with Gasteiger partial charge in [0.1, 0.15) is 17.2 Å². The van der Waals surface area contributed by atoms with Crippen LogP contribution in [0.15, 0.2) is 78.9 Å². The highest BCUT2D eigenvalue weighted by Gasteiger charge is 2.06. The van der Waals surface area contributed by atoms with Crippen molar-refractivity contribution in [1.82, 2.24) is 10.2 Å². The van der Waals surface area contributed by atoms with E-state index in [-0.39, 0.29) is 5.75 Å². The highest BCUT2D eigenvalue weighted by Crippen LogP contribution is 2.28. The van der Waals surface area contributed by atoms with Crippen molar-refractivity contribution in [2.45, 2.75) is 6.92 Å². The summed E-state index contributed by atoms with van der Waals surface area (Å²) in [5.41, 5.74) is 3.76. The number of aryl methyl sites for hydroxylation is 1. The number of benzene rings is 3. The minimum atomic E-state index is 0.249. The fraction of sp³-hybridized carbons (Fsp3) is 0.0455. The van der Waals surface area contributed by atoms with Crippen molar-refractivity contribution < 1.29 is 9.84 Å². The summed E-state index contributed by atoms with van der Waals surface area (Å²) in [6.07, 6.45) is 0. The maximum Gasteiger partial charge on any atom is 0.152 e. The molecular weight excluding hydrogens is 338 g/mol. The fourth-order valence-electron chi connectivity index (χ4n) is 2.79. The van der Waals surface area contributed by atoms with E-state index in [1.165, 1.54) is 0 Å². The number of ether oxygens (including phenoxy) is 1. The molecule has 0 saturated heterocycles. The number of H-pyrrole nitrogens is 1. The van der Waals surface area contributed by atoms with E-state index in [1.54, 1.807) is 12.1 Å². The predicted molar refractivity (Wildman–Crippen MR) is 107 cm³/mol. The molecule has 134 valence electrons. The van der Waals surface area contributed by atoms with Gasteiger partial charge in [0.05, 0.1) is 5.69 Å². The van der Waals surface area contributed by atoms with Crippen molar-refractivity contribution in [1.29, 1.82) is 0 Å². The van der Waals surface area contributed by atoms with Crippen molar-refractivity contribution in [2.75, 3.05) is 5.32 Å². The highest BCUT2D eigenvalue weighted by atomic mass is 16.5. The van der Waals surface area contributed by atoms with E-state index in [1.807, 2.05) is 73.7 Å².